The zero-order valence-corrected chi connectivity index (χ0v) is 21.0. The molecule has 0 spiro atoms. The van der Waals surface area contributed by atoms with Gasteiger partial charge in [-0.3, -0.25) is 4.79 Å². The third kappa shape index (κ3) is 4.60. The van der Waals surface area contributed by atoms with E-state index < -0.39 is 15.9 Å². The molecule has 6 nitrogen and oxygen atoms in total. The number of benzene rings is 2. The molecule has 2 fully saturated rings. The highest BCUT2D eigenvalue weighted by atomic mass is 35.5. The first-order chi connectivity index (χ1) is 16.4. The monoisotopic (exact) mass is 515 g/mol. The lowest BCUT2D eigenvalue weighted by Gasteiger charge is -2.37. The molecule has 2 aliphatic rings. The fourth-order valence-corrected chi connectivity index (χ4v) is 8.00. The number of para-hydroxylation sites is 1. The second-order valence-electron chi connectivity index (χ2n) is 8.65. The number of nitrogens with zero attached hydrogens (tertiary/aromatic N) is 3. The van der Waals surface area contributed by atoms with Gasteiger partial charge in [0.1, 0.15) is 4.21 Å². The minimum atomic E-state index is -3.71. The van der Waals surface area contributed by atoms with Crippen molar-refractivity contribution in [3.05, 3.63) is 82.7 Å². The number of anilines is 1. The first-order valence-electron chi connectivity index (χ1n) is 11.3. The van der Waals surface area contributed by atoms with Crippen LogP contribution in [0.15, 0.2) is 77.0 Å². The quantitative estimate of drug-likeness (QED) is 0.512. The summed E-state index contributed by atoms with van der Waals surface area (Å²) in [6, 6.07) is 23.1. The zero-order valence-electron chi connectivity index (χ0n) is 18.6. The van der Waals surface area contributed by atoms with Gasteiger partial charge in [-0.25, -0.2) is 8.42 Å². The molecule has 178 valence electrons. The molecule has 2 aliphatic heterocycles. The average molecular weight is 516 g/mol. The Kier molecular flexibility index (Phi) is 6.66. The molecule has 1 aromatic heterocycles. The Balaban J connectivity index is 1.36. The van der Waals surface area contributed by atoms with Crippen molar-refractivity contribution in [1.82, 2.24) is 9.21 Å². The third-order valence-electron chi connectivity index (χ3n) is 6.69. The number of amides is 1. The first-order valence-corrected chi connectivity index (χ1v) is 14.0. The number of sulfonamides is 1. The van der Waals surface area contributed by atoms with E-state index in [4.69, 9.17) is 11.6 Å². The van der Waals surface area contributed by atoms with Crippen molar-refractivity contribution in [2.45, 2.75) is 10.1 Å². The molecule has 2 atom stereocenters. The SMILES string of the molecule is O=C([C@@H]1CN(S(=O)(=O)c2ccc(Cl)s2)C[C@H]1c1ccccc1)N1CCN(c2ccccc2)CC1. The molecule has 0 N–H and O–H groups in total. The summed E-state index contributed by atoms with van der Waals surface area (Å²) in [6.45, 7) is 3.22. The van der Waals surface area contributed by atoms with Gasteiger partial charge in [-0.05, 0) is 29.8 Å². The van der Waals surface area contributed by atoms with Crippen molar-refractivity contribution >= 4 is 44.6 Å². The van der Waals surface area contributed by atoms with Gasteiger partial charge in [0, 0.05) is 50.9 Å². The summed E-state index contributed by atoms with van der Waals surface area (Å²) in [5, 5.41) is 0. The van der Waals surface area contributed by atoms with E-state index in [-0.39, 0.29) is 29.1 Å². The summed E-state index contributed by atoms with van der Waals surface area (Å²) in [5.41, 5.74) is 2.15. The molecule has 0 radical (unpaired) electrons. The van der Waals surface area contributed by atoms with Crippen molar-refractivity contribution in [3.8, 4) is 0 Å². The highest BCUT2D eigenvalue weighted by Gasteiger charge is 2.45. The van der Waals surface area contributed by atoms with Gasteiger partial charge in [0.05, 0.1) is 10.3 Å². The van der Waals surface area contributed by atoms with Crippen molar-refractivity contribution in [2.24, 2.45) is 5.92 Å². The number of piperazine rings is 1. The van der Waals surface area contributed by atoms with Crippen molar-refractivity contribution < 1.29 is 13.2 Å². The normalized spacial score (nSPS) is 21.7. The van der Waals surface area contributed by atoms with Gasteiger partial charge in [0.25, 0.3) is 10.0 Å². The Labute approximate surface area is 209 Å². The van der Waals surface area contributed by atoms with Crippen LogP contribution in [0.4, 0.5) is 5.69 Å². The lowest BCUT2D eigenvalue weighted by Crippen LogP contribution is -2.51. The van der Waals surface area contributed by atoms with Crippen LogP contribution in [-0.2, 0) is 14.8 Å². The summed E-state index contributed by atoms with van der Waals surface area (Å²) in [5.74, 6) is -0.578. The summed E-state index contributed by atoms with van der Waals surface area (Å²) in [6.07, 6.45) is 0. The highest BCUT2D eigenvalue weighted by molar-refractivity contribution is 7.91. The Morgan fingerprint density at radius 2 is 1.50 bits per heavy atom. The second-order valence-corrected chi connectivity index (χ2v) is 12.5. The van der Waals surface area contributed by atoms with E-state index >= 15 is 0 Å². The van der Waals surface area contributed by atoms with E-state index in [0.29, 0.717) is 17.4 Å². The van der Waals surface area contributed by atoms with E-state index in [0.717, 1.165) is 35.7 Å². The van der Waals surface area contributed by atoms with E-state index in [1.807, 2.05) is 53.4 Å². The molecule has 5 rings (SSSR count). The summed E-state index contributed by atoms with van der Waals surface area (Å²) in [4.78, 5) is 17.9. The van der Waals surface area contributed by atoms with Crippen LogP contribution >= 0.6 is 22.9 Å². The lowest BCUT2D eigenvalue weighted by atomic mass is 9.88. The number of carbonyl (C=O) groups is 1. The number of rotatable bonds is 5. The van der Waals surface area contributed by atoms with Crippen LogP contribution in [0, 0.1) is 5.92 Å². The maximum absolute atomic E-state index is 13.7. The molecule has 0 aliphatic carbocycles. The number of carbonyl (C=O) groups excluding carboxylic acids is 1. The molecular weight excluding hydrogens is 490 g/mol. The fourth-order valence-electron chi connectivity index (χ4n) is 4.87. The number of thiophene rings is 1. The molecule has 2 saturated heterocycles. The van der Waals surface area contributed by atoms with Crippen molar-refractivity contribution in [2.75, 3.05) is 44.2 Å². The van der Waals surface area contributed by atoms with Gasteiger partial charge >= 0.3 is 0 Å². The Hall–Kier alpha value is -2.39. The van der Waals surface area contributed by atoms with Gasteiger partial charge < -0.3 is 9.80 Å². The van der Waals surface area contributed by atoms with Gasteiger partial charge in [-0.15, -0.1) is 11.3 Å². The molecule has 0 bridgehead atoms. The second kappa shape index (κ2) is 9.70. The van der Waals surface area contributed by atoms with Crippen molar-refractivity contribution in [3.63, 3.8) is 0 Å². The maximum atomic E-state index is 13.7. The first kappa shape index (κ1) is 23.4. The molecule has 1 amide bonds. The molecule has 34 heavy (non-hydrogen) atoms. The molecule has 3 aromatic rings. The van der Waals surface area contributed by atoms with E-state index in [2.05, 4.69) is 17.0 Å². The van der Waals surface area contributed by atoms with Crippen LogP contribution in [0.25, 0.3) is 0 Å². The minimum absolute atomic E-state index is 0.0310. The third-order valence-corrected chi connectivity index (χ3v) is 10.2. The largest absolute Gasteiger partial charge is 0.368 e. The molecule has 9 heteroatoms. The summed E-state index contributed by atoms with van der Waals surface area (Å²) < 4.78 is 28.7. The topological polar surface area (TPSA) is 60.9 Å². The van der Waals surface area contributed by atoms with Crippen LogP contribution in [0.5, 0.6) is 0 Å². The molecule has 0 saturated carbocycles. The minimum Gasteiger partial charge on any atom is -0.368 e. The average Bonchev–Trinajstić information content (AvgIpc) is 3.53. The zero-order chi connectivity index (χ0) is 23.7. The van der Waals surface area contributed by atoms with Gasteiger partial charge in [0.2, 0.25) is 5.91 Å². The van der Waals surface area contributed by atoms with Gasteiger partial charge in [0.15, 0.2) is 0 Å². The van der Waals surface area contributed by atoms with Crippen LogP contribution < -0.4 is 4.90 Å². The predicted molar refractivity (Wildman–Crippen MR) is 136 cm³/mol. The van der Waals surface area contributed by atoms with E-state index in [1.165, 1.54) is 10.4 Å². The Morgan fingerprint density at radius 3 is 2.12 bits per heavy atom. The number of hydrogen-bond acceptors (Lipinski definition) is 5. The molecular formula is C25H26ClN3O3S2. The van der Waals surface area contributed by atoms with Crippen LogP contribution in [0.1, 0.15) is 11.5 Å². The fraction of sp³-hybridized carbons (Fsp3) is 0.320. The van der Waals surface area contributed by atoms with Crippen LogP contribution in [0.2, 0.25) is 4.34 Å². The summed E-state index contributed by atoms with van der Waals surface area (Å²) >= 11 is 7.05. The van der Waals surface area contributed by atoms with Crippen LogP contribution in [-0.4, -0.2) is 62.8 Å². The van der Waals surface area contributed by atoms with Crippen molar-refractivity contribution in [1.29, 1.82) is 0 Å². The Morgan fingerprint density at radius 1 is 0.853 bits per heavy atom. The maximum Gasteiger partial charge on any atom is 0.252 e. The summed E-state index contributed by atoms with van der Waals surface area (Å²) in [7, 11) is -3.71. The number of halogens is 1. The number of hydrogen-bond donors (Lipinski definition) is 0. The highest BCUT2D eigenvalue weighted by Crippen LogP contribution is 2.38. The van der Waals surface area contributed by atoms with Gasteiger partial charge in [-0.1, -0.05) is 60.1 Å². The lowest BCUT2D eigenvalue weighted by molar-refractivity contribution is -0.135. The molecule has 3 heterocycles. The smallest absolute Gasteiger partial charge is 0.252 e. The molecule has 0 unspecified atom stereocenters. The molecule has 2 aromatic carbocycles. The van der Waals surface area contributed by atoms with E-state index in [9.17, 15) is 13.2 Å². The van der Waals surface area contributed by atoms with Crippen LogP contribution in [0.3, 0.4) is 0 Å². The van der Waals surface area contributed by atoms with Gasteiger partial charge in [-0.2, -0.15) is 4.31 Å². The predicted octanol–water partition coefficient (Wildman–Crippen LogP) is 4.15. The standard InChI is InChI=1S/C25H26ClN3O3S2/c26-23-11-12-24(33-23)34(31,32)29-17-21(19-7-3-1-4-8-19)22(18-29)25(30)28-15-13-27(14-16-28)20-9-5-2-6-10-20/h1-12,21-22H,13-18H2/t21-,22+/m0/s1. The Bertz CT molecular complexity index is 1240. The van der Waals surface area contributed by atoms with E-state index in [1.54, 1.807) is 6.07 Å².